The lowest BCUT2D eigenvalue weighted by atomic mass is 10.3. The number of hydrogen-bond donors (Lipinski definition) is 3. The fourth-order valence-corrected chi connectivity index (χ4v) is 1.33. The Hall–Kier alpha value is -1.96. The van der Waals surface area contributed by atoms with Gasteiger partial charge in [-0.05, 0) is 36.5 Å². The third-order valence-electron chi connectivity index (χ3n) is 2.03. The highest BCUT2D eigenvalue weighted by atomic mass is 32.1. The Morgan fingerprint density at radius 3 is 2.53 bits per heavy atom. The van der Waals surface area contributed by atoms with E-state index in [2.05, 4.69) is 20.7 Å². The molecule has 104 valence electrons. The molecule has 0 aliphatic heterocycles. The van der Waals surface area contributed by atoms with E-state index < -0.39 is 6.61 Å². The van der Waals surface area contributed by atoms with E-state index >= 15 is 0 Å². The number of halogens is 2. The van der Waals surface area contributed by atoms with Crippen LogP contribution in [-0.4, -0.2) is 31.2 Å². The molecule has 0 radical (unpaired) electrons. The molecule has 1 amide bonds. The summed E-state index contributed by atoms with van der Waals surface area (Å²) < 4.78 is 28.1. The number of alkyl halides is 2. The molecule has 0 fully saturated rings. The lowest BCUT2D eigenvalue weighted by Crippen LogP contribution is -2.37. The fraction of sp³-hybridized carbons (Fsp3) is 0.273. The van der Waals surface area contributed by atoms with Crippen molar-refractivity contribution in [1.29, 1.82) is 0 Å². The lowest BCUT2D eigenvalue weighted by molar-refractivity contribution is -0.119. The molecule has 0 spiro atoms. The van der Waals surface area contributed by atoms with Gasteiger partial charge in [0.2, 0.25) is 5.91 Å². The number of anilines is 1. The first-order valence-electron chi connectivity index (χ1n) is 5.31. The summed E-state index contributed by atoms with van der Waals surface area (Å²) in [5, 5.41) is 8.17. The van der Waals surface area contributed by atoms with Crippen molar-refractivity contribution in [3.05, 3.63) is 24.3 Å². The van der Waals surface area contributed by atoms with E-state index in [9.17, 15) is 13.6 Å². The van der Waals surface area contributed by atoms with Crippen molar-refractivity contribution in [3.8, 4) is 5.75 Å². The second kappa shape index (κ2) is 7.47. The van der Waals surface area contributed by atoms with Gasteiger partial charge in [-0.3, -0.25) is 4.79 Å². The summed E-state index contributed by atoms with van der Waals surface area (Å²) in [6.45, 7) is -2.80. The van der Waals surface area contributed by atoms with Crippen LogP contribution in [0.2, 0.25) is 0 Å². The van der Waals surface area contributed by atoms with Gasteiger partial charge in [-0.1, -0.05) is 0 Å². The van der Waals surface area contributed by atoms with E-state index in [-0.39, 0.29) is 23.3 Å². The smallest absolute Gasteiger partial charge is 0.387 e. The SMILES string of the molecule is CNC(=O)CNC(=S)Nc1ccc(OC(F)F)cc1. The highest BCUT2D eigenvalue weighted by Crippen LogP contribution is 2.17. The summed E-state index contributed by atoms with van der Waals surface area (Å²) in [6, 6.07) is 5.84. The van der Waals surface area contributed by atoms with Crippen molar-refractivity contribution in [2.45, 2.75) is 6.61 Å². The predicted molar refractivity (Wildman–Crippen MR) is 71.4 cm³/mol. The van der Waals surface area contributed by atoms with E-state index in [1.807, 2.05) is 0 Å². The normalized spacial score (nSPS) is 9.89. The van der Waals surface area contributed by atoms with Crippen molar-refractivity contribution in [1.82, 2.24) is 10.6 Å². The number of carbonyl (C=O) groups excluding carboxylic acids is 1. The lowest BCUT2D eigenvalue weighted by Gasteiger charge is -2.10. The van der Waals surface area contributed by atoms with E-state index in [0.717, 1.165) is 0 Å². The maximum absolute atomic E-state index is 11.9. The summed E-state index contributed by atoms with van der Waals surface area (Å²) in [5.74, 6) is -0.144. The number of nitrogens with one attached hydrogen (secondary N) is 3. The number of benzene rings is 1. The Morgan fingerprint density at radius 2 is 2.00 bits per heavy atom. The third-order valence-corrected chi connectivity index (χ3v) is 2.27. The van der Waals surface area contributed by atoms with Gasteiger partial charge in [0.05, 0.1) is 6.54 Å². The first-order valence-corrected chi connectivity index (χ1v) is 5.72. The minimum absolute atomic E-state index is 0.0505. The average molecular weight is 289 g/mol. The van der Waals surface area contributed by atoms with Crippen LogP contribution < -0.4 is 20.7 Å². The summed E-state index contributed by atoms with van der Waals surface area (Å²) in [4.78, 5) is 11.0. The number of ether oxygens (including phenoxy) is 1. The molecule has 19 heavy (non-hydrogen) atoms. The fourth-order valence-electron chi connectivity index (χ4n) is 1.14. The van der Waals surface area contributed by atoms with Gasteiger partial charge in [0, 0.05) is 12.7 Å². The molecular formula is C11H13F2N3O2S. The molecule has 0 aliphatic carbocycles. The maximum atomic E-state index is 11.9. The summed E-state index contributed by atoms with van der Waals surface area (Å²) in [6.07, 6.45) is 0. The van der Waals surface area contributed by atoms with Crippen molar-refractivity contribution in [2.24, 2.45) is 0 Å². The summed E-state index contributed by atoms with van der Waals surface area (Å²) in [7, 11) is 1.52. The van der Waals surface area contributed by atoms with Crippen LogP contribution in [0.4, 0.5) is 14.5 Å². The van der Waals surface area contributed by atoms with Crippen LogP contribution in [0.15, 0.2) is 24.3 Å². The van der Waals surface area contributed by atoms with Crippen molar-refractivity contribution in [2.75, 3.05) is 18.9 Å². The van der Waals surface area contributed by atoms with Gasteiger partial charge < -0.3 is 20.7 Å². The van der Waals surface area contributed by atoms with Crippen molar-refractivity contribution < 1.29 is 18.3 Å². The molecule has 5 nitrogen and oxygen atoms in total. The Labute approximate surface area is 114 Å². The second-order valence-corrected chi connectivity index (χ2v) is 3.79. The molecule has 0 aromatic heterocycles. The Bertz CT molecular complexity index is 440. The highest BCUT2D eigenvalue weighted by molar-refractivity contribution is 7.80. The Balaban J connectivity index is 2.44. The number of carbonyl (C=O) groups is 1. The second-order valence-electron chi connectivity index (χ2n) is 3.38. The van der Waals surface area contributed by atoms with E-state index in [1.54, 1.807) is 0 Å². The quantitative estimate of drug-likeness (QED) is 0.714. The van der Waals surface area contributed by atoms with Gasteiger partial charge in [0.1, 0.15) is 5.75 Å². The molecule has 0 unspecified atom stereocenters. The van der Waals surface area contributed by atoms with Gasteiger partial charge >= 0.3 is 6.61 Å². The highest BCUT2D eigenvalue weighted by Gasteiger charge is 2.04. The minimum Gasteiger partial charge on any atom is -0.435 e. The minimum atomic E-state index is -2.85. The largest absolute Gasteiger partial charge is 0.435 e. The molecular weight excluding hydrogens is 276 g/mol. The van der Waals surface area contributed by atoms with Crippen LogP contribution in [0.25, 0.3) is 0 Å². The Morgan fingerprint density at radius 1 is 1.37 bits per heavy atom. The van der Waals surface area contributed by atoms with Crippen LogP contribution in [0, 0.1) is 0 Å². The molecule has 0 saturated carbocycles. The zero-order valence-electron chi connectivity index (χ0n) is 10.1. The third kappa shape index (κ3) is 5.96. The van der Waals surface area contributed by atoms with Crippen LogP contribution >= 0.6 is 12.2 Å². The molecule has 0 heterocycles. The predicted octanol–water partition coefficient (Wildman–Crippen LogP) is 1.32. The molecule has 8 heteroatoms. The van der Waals surface area contributed by atoms with E-state index in [4.69, 9.17) is 12.2 Å². The van der Waals surface area contributed by atoms with Gasteiger partial charge in [-0.25, -0.2) is 0 Å². The molecule has 3 N–H and O–H groups in total. The molecule has 1 aromatic carbocycles. The van der Waals surface area contributed by atoms with Gasteiger partial charge in [0.15, 0.2) is 5.11 Å². The Kier molecular flexibility index (Phi) is 5.94. The van der Waals surface area contributed by atoms with Crippen molar-refractivity contribution >= 4 is 28.9 Å². The molecule has 0 saturated heterocycles. The van der Waals surface area contributed by atoms with Crippen LogP contribution in [-0.2, 0) is 4.79 Å². The maximum Gasteiger partial charge on any atom is 0.387 e. The molecule has 1 aromatic rings. The van der Waals surface area contributed by atoms with Gasteiger partial charge in [-0.15, -0.1) is 0 Å². The first-order chi connectivity index (χ1) is 9.01. The monoisotopic (exact) mass is 289 g/mol. The number of thiocarbonyl (C=S) groups is 1. The van der Waals surface area contributed by atoms with Crippen LogP contribution in [0.1, 0.15) is 0 Å². The van der Waals surface area contributed by atoms with Crippen LogP contribution in [0.5, 0.6) is 5.75 Å². The van der Waals surface area contributed by atoms with E-state index in [0.29, 0.717) is 5.69 Å². The molecule has 0 bridgehead atoms. The zero-order valence-corrected chi connectivity index (χ0v) is 10.9. The zero-order chi connectivity index (χ0) is 14.3. The molecule has 0 atom stereocenters. The topological polar surface area (TPSA) is 62.4 Å². The molecule has 0 aliphatic rings. The number of hydrogen-bond acceptors (Lipinski definition) is 3. The van der Waals surface area contributed by atoms with Gasteiger partial charge in [-0.2, -0.15) is 8.78 Å². The summed E-state index contributed by atoms with van der Waals surface area (Å²) in [5.41, 5.74) is 0.594. The van der Waals surface area contributed by atoms with Crippen LogP contribution in [0.3, 0.4) is 0 Å². The summed E-state index contributed by atoms with van der Waals surface area (Å²) >= 11 is 4.95. The number of likely N-dealkylation sites (N-methyl/N-ethyl adjacent to an activating group) is 1. The van der Waals surface area contributed by atoms with E-state index in [1.165, 1.54) is 31.3 Å². The standard InChI is InChI=1S/C11H13F2N3O2S/c1-14-9(17)6-15-11(19)16-7-2-4-8(5-3-7)18-10(12)13/h2-5,10H,6H2,1H3,(H,14,17)(H2,15,16,19). The number of amides is 1. The van der Waals surface area contributed by atoms with Gasteiger partial charge in [0.25, 0.3) is 0 Å². The molecule has 1 rings (SSSR count). The van der Waals surface area contributed by atoms with Crippen molar-refractivity contribution in [3.63, 3.8) is 0 Å². The first kappa shape index (κ1) is 15.1. The average Bonchev–Trinajstić information content (AvgIpc) is 2.37. The number of rotatable bonds is 5.